The average molecular weight is 320 g/mol. The Labute approximate surface area is 135 Å². The van der Waals surface area contributed by atoms with Gasteiger partial charge in [0, 0.05) is 32.3 Å². The predicted molar refractivity (Wildman–Crippen MR) is 84.1 cm³/mol. The van der Waals surface area contributed by atoms with Crippen molar-refractivity contribution in [3.63, 3.8) is 0 Å². The summed E-state index contributed by atoms with van der Waals surface area (Å²) in [5.41, 5.74) is 0.896. The lowest BCUT2D eigenvalue weighted by Gasteiger charge is -2.37. The minimum absolute atomic E-state index is 0.0811. The number of carbonyl (C=O) groups excluding carboxylic acids is 2. The van der Waals surface area contributed by atoms with Crippen molar-refractivity contribution < 1.29 is 14.3 Å². The van der Waals surface area contributed by atoms with E-state index in [9.17, 15) is 9.59 Å². The number of likely N-dealkylation sites (tertiary alicyclic amines) is 1. The highest BCUT2D eigenvalue weighted by atomic mass is 16.5. The van der Waals surface area contributed by atoms with E-state index in [2.05, 4.69) is 15.5 Å². The van der Waals surface area contributed by atoms with Crippen molar-refractivity contribution in [3.8, 4) is 0 Å². The lowest BCUT2D eigenvalue weighted by molar-refractivity contribution is -0.123. The second kappa shape index (κ2) is 6.31. The molecule has 2 aliphatic rings. The number of hydrogen-bond acceptors (Lipinski definition) is 4. The van der Waals surface area contributed by atoms with Gasteiger partial charge < -0.3 is 15.0 Å². The highest BCUT2D eigenvalue weighted by Gasteiger charge is 2.46. The quantitative estimate of drug-likeness (QED) is 0.820. The van der Waals surface area contributed by atoms with Gasteiger partial charge in [0.2, 0.25) is 5.91 Å². The zero-order valence-corrected chi connectivity index (χ0v) is 13.7. The predicted octanol–water partition coefficient (Wildman–Crippen LogP) is 1.04. The van der Waals surface area contributed by atoms with Crippen molar-refractivity contribution in [2.45, 2.75) is 43.6 Å². The molecule has 0 spiro atoms. The first-order valence-corrected chi connectivity index (χ1v) is 8.16. The van der Waals surface area contributed by atoms with Gasteiger partial charge in [0.05, 0.1) is 18.6 Å². The molecule has 2 amide bonds. The third-order valence-corrected chi connectivity index (χ3v) is 4.86. The number of nitrogens with zero attached hydrogens (tertiary/aromatic N) is 2. The summed E-state index contributed by atoms with van der Waals surface area (Å²) in [6.45, 7) is 0.983. The van der Waals surface area contributed by atoms with Crippen molar-refractivity contribution in [1.29, 1.82) is 0 Å². The van der Waals surface area contributed by atoms with Gasteiger partial charge in [-0.1, -0.05) is 0 Å². The standard InChI is InChI=1S/C16H24N4O3/c1-17-14(21)9-16(10-23-2)6-3-7-20(16)15(22)13-8-12(18-19-13)11-4-5-11/h8,11H,3-7,9-10H2,1-2H3,(H,17,21)(H,18,19)/t16-/m0/s1. The largest absolute Gasteiger partial charge is 0.382 e. The SMILES string of the molecule is CNC(=O)C[C@]1(COC)CCCN1C(=O)c1cc(C2CC2)[nH]n1. The molecule has 2 N–H and O–H groups in total. The van der Waals surface area contributed by atoms with Gasteiger partial charge in [0.25, 0.3) is 5.91 Å². The maximum Gasteiger partial charge on any atom is 0.274 e. The van der Waals surface area contributed by atoms with Gasteiger partial charge in [-0.25, -0.2) is 0 Å². The van der Waals surface area contributed by atoms with Gasteiger partial charge in [-0.2, -0.15) is 5.10 Å². The monoisotopic (exact) mass is 320 g/mol. The van der Waals surface area contributed by atoms with Crippen LogP contribution in [0.5, 0.6) is 0 Å². The molecule has 1 aromatic heterocycles. The van der Waals surface area contributed by atoms with E-state index in [4.69, 9.17) is 4.74 Å². The first-order valence-electron chi connectivity index (χ1n) is 8.16. The molecule has 7 heteroatoms. The second-order valence-electron chi connectivity index (χ2n) is 6.55. The zero-order valence-electron chi connectivity index (χ0n) is 13.7. The number of rotatable bonds is 6. The Kier molecular flexibility index (Phi) is 4.39. The summed E-state index contributed by atoms with van der Waals surface area (Å²) in [7, 11) is 3.21. The van der Waals surface area contributed by atoms with E-state index < -0.39 is 5.54 Å². The Hall–Kier alpha value is -1.89. The Morgan fingerprint density at radius 3 is 2.96 bits per heavy atom. The molecule has 1 aliphatic carbocycles. The molecule has 0 aromatic carbocycles. The summed E-state index contributed by atoms with van der Waals surface area (Å²) in [4.78, 5) is 26.6. The molecule has 23 heavy (non-hydrogen) atoms. The molecular weight excluding hydrogens is 296 g/mol. The van der Waals surface area contributed by atoms with Crippen molar-refractivity contribution in [2.24, 2.45) is 0 Å². The van der Waals surface area contributed by atoms with Crippen LogP contribution >= 0.6 is 0 Å². The van der Waals surface area contributed by atoms with E-state index >= 15 is 0 Å². The lowest BCUT2D eigenvalue weighted by atomic mass is 9.92. The van der Waals surface area contributed by atoms with E-state index in [-0.39, 0.29) is 18.2 Å². The minimum Gasteiger partial charge on any atom is -0.382 e. The van der Waals surface area contributed by atoms with Crippen LogP contribution in [0.4, 0.5) is 0 Å². The Bertz CT molecular complexity index is 596. The molecule has 0 unspecified atom stereocenters. The van der Waals surface area contributed by atoms with E-state index in [1.165, 1.54) is 0 Å². The Morgan fingerprint density at radius 1 is 1.52 bits per heavy atom. The summed E-state index contributed by atoms with van der Waals surface area (Å²) < 4.78 is 5.34. The molecule has 7 nitrogen and oxygen atoms in total. The van der Waals surface area contributed by atoms with Crippen LogP contribution in [-0.2, 0) is 9.53 Å². The number of hydrogen-bond donors (Lipinski definition) is 2. The van der Waals surface area contributed by atoms with Crippen molar-refractivity contribution in [3.05, 3.63) is 17.5 Å². The molecule has 1 saturated carbocycles. The normalized spacial score (nSPS) is 24.0. The molecule has 1 aromatic rings. The van der Waals surface area contributed by atoms with Gasteiger partial charge in [-0.3, -0.25) is 14.7 Å². The number of carbonyl (C=O) groups is 2. The van der Waals surface area contributed by atoms with Crippen LogP contribution in [0.25, 0.3) is 0 Å². The van der Waals surface area contributed by atoms with Crippen LogP contribution in [0.3, 0.4) is 0 Å². The molecule has 0 radical (unpaired) electrons. The van der Waals surface area contributed by atoms with Crippen molar-refractivity contribution in [2.75, 3.05) is 27.3 Å². The second-order valence-corrected chi connectivity index (χ2v) is 6.55. The third-order valence-electron chi connectivity index (χ3n) is 4.86. The zero-order chi connectivity index (χ0) is 16.4. The number of ether oxygens (including phenoxy) is 1. The maximum absolute atomic E-state index is 12.9. The molecule has 3 rings (SSSR count). The highest BCUT2D eigenvalue weighted by Crippen LogP contribution is 2.39. The Balaban J connectivity index is 1.81. The number of H-pyrrole nitrogens is 1. The first-order chi connectivity index (χ1) is 11.1. The molecule has 1 saturated heterocycles. The maximum atomic E-state index is 12.9. The molecule has 1 aliphatic heterocycles. The van der Waals surface area contributed by atoms with Gasteiger partial charge in [0.15, 0.2) is 0 Å². The summed E-state index contributed by atoms with van der Waals surface area (Å²) in [6, 6.07) is 1.86. The molecule has 2 fully saturated rings. The average Bonchev–Trinajstić information content (AvgIpc) is 3.13. The molecule has 2 heterocycles. The van der Waals surface area contributed by atoms with Crippen LogP contribution in [-0.4, -0.2) is 59.8 Å². The fourth-order valence-electron chi connectivity index (χ4n) is 3.48. The Morgan fingerprint density at radius 2 is 2.30 bits per heavy atom. The highest BCUT2D eigenvalue weighted by molar-refractivity contribution is 5.93. The smallest absolute Gasteiger partial charge is 0.274 e. The van der Waals surface area contributed by atoms with Crippen LogP contribution in [0.2, 0.25) is 0 Å². The molecule has 1 atom stereocenters. The molecule has 126 valence electrons. The number of aromatic nitrogens is 2. The van der Waals surface area contributed by atoms with Gasteiger partial charge >= 0.3 is 0 Å². The van der Waals surface area contributed by atoms with Crippen LogP contribution in [0, 0.1) is 0 Å². The van der Waals surface area contributed by atoms with E-state index in [1.807, 2.05) is 6.07 Å². The van der Waals surface area contributed by atoms with E-state index in [0.29, 0.717) is 24.8 Å². The topological polar surface area (TPSA) is 87.3 Å². The lowest BCUT2D eigenvalue weighted by Crippen LogP contribution is -2.52. The first kappa shape index (κ1) is 16.0. The number of amides is 2. The number of methoxy groups -OCH3 is 1. The van der Waals surface area contributed by atoms with E-state index in [0.717, 1.165) is 31.4 Å². The summed E-state index contributed by atoms with van der Waals surface area (Å²) in [5.74, 6) is 0.325. The van der Waals surface area contributed by atoms with E-state index in [1.54, 1.807) is 19.1 Å². The van der Waals surface area contributed by atoms with Crippen molar-refractivity contribution >= 4 is 11.8 Å². The summed E-state index contributed by atoms with van der Waals surface area (Å²) >= 11 is 0. The number of aromatic amines is 1. The molecule has 0 bridgehead atoms. The van der Waals surface area contributed by atoms with Crippen molar-refractivity contribution in [1.82, 2.24) is 20.4 Å². The summed E-state index contributed by atoms with van der Waals surface area (Å²) in [6.07, 6.45) is 4.20. The number of nitrogens with one attached hydrogen (secondary N) is 2. The summed E-state index contributed by atoms with van der Waals surface area (Å²) in [5, 5.41) is 9.81. The van der Waals surface area contributed by atoms with Crippen LogP contribution in [0.15, 0.2) is 6.07 Å². The van der Waals surface area contributed by atoms with Crippen LogP contribution in [0.1, 0.15) is 54.2 Å². The van der Waals surface area contributed by atoms with Gasteiger partial charge in [0.1, 0.15) is 5.69 Å². The fraction of sp³-hybridized carbons (Fsp3) is 0.688. The fourth-order valence-corrected chi connectivity index (χ4v) is 3.48. The third kappa shape index (κ3) is 3.10. The minimum atomic E-state index is -0.579. The van der Waals surface area contributed by atoms with Crippen LogP contribution < -0.4 is 5.32 Å². The molecular formula is C16H24N4O3. The van der Waals surface area contributed by atoms with Gasteiger partial charge in [-0.15, -0.1) is 0 Å². The van der Waals surface area contributed by atoms with Gasteiger partial charge in [-0.05, 0) is 31.7 Å².